The fraction of sp³-hybridized carbons (Fsp3) is 0.550. The average Bonchev–Trinajstić information content (AvgIpc) is 3.07. The molecule has 1 saturated heterocycles. The van der Waals surface area contributed by atoms with Gasteiger partial charge in [0, 0.05) is 26.6 Å². The topological polar surface area (TPSA) is 75.8 Å². The second kappa shape index (κ2) is 10.8. The first-order valence-corrected chi connectivity index (χ1v) is 9.50. The zero-order valence-electron chi connectivity index (χ0n) is 17.1. The normalized spacial score (nSPS) is 17.4. The molecule has 0 amide bonds. The summed E-state index contributed by atoms with van der Waals surface area (Å²) in [5, 5.41) is 7.26. The summed E-state index contributed by atoms with van der Waals surface area (Å²) >= 11 is 0. The Morgan fingerprint density at radius 3 is 2.82 bits per heavy atom. The third kappa shape index (κ3) is 5.91. The Labute approximate surface area is 184 Å². The van der Waals surface area contributed by atoms with E-state index < -0.39 is 0 Å². The van der Waals surface area contributed by atoms with E-state index in [0.29, 0.717) is 18.3 Å². The van der Waals surface area contributed by atoms with Crippen molar-refractivity contribution in [2.45, 2.75) is 39.7 Å². The van der Waals surface area contributed by atoms with E-state index in [2.05, 4.69) is 57.4 Å². The number of aromatic nitrogens is 2. The van der Waals surface area contributed by atoms with E-state index >= 15 is 0 Å². The van der Waals surface area contributed by atoms with Crippen molar-refractivity contribution in [2.24, 2.45) is 4.99 Å². The van der Waals surface area contributed by atoms with Crippen molar-refractivity contribution in [1.82, 2.24) is 20.4 Å². The van der Waals surface area contributed by atoms with E-state index in [1.54, 1.807) is 0 Å². The first-order chi connectivity index (χ1) is 13.1. The first-order valence-electron chi connectivity index (χ1n) is 9.50. The molecule has 0 bridgehead atoms. The van der Waals surface area contributed by atoms with Crippen LogP contribution in [0.2, 0.25) is 0 Å². The Balaban J connectivity index is 0.00000280. The van der Waals surface area contributed by atoms with Gasteiger partial charge in [-0.15, -0.1) is 24.0 Å². The second-order valence-corrected chi connectivity index (χ2v) is 6.98. The van der Waals surface area contributed by atoms with Gasteiger partial charge in [-0.1, -0.05) is 28.9 Å². The van der Waals surface area contributed by atoms with Gasteiger partial charge in [0.1, 0.15) is 6.10 Å². The zero-order chi connectivity index (χ0) is 19.2. The van der Waals surface area contributed by atoms with Crippen LogP contribution in [0.3, 0.4) is 0 Å². The summed E-state index contributed by atoms with van der Waals surface area (Å²) in [6, 6.07) is 6.54. The first kappa shape index (κ1) is 22.6. The molecule has 1 fully saturated rings. The highest BCUT2D eigenvalue weighted by Gasteiger charge is 2.25. The Morgan fingerprint density at radius 1 is 1.32 bits per heavy atom. The maximum Gasteiger partial charge on any atom is 0.226 e. The van der Waals surface area contributed by atoms with E-state index in [9.17, 15) is 0 Å². The van der Waals surface area contributed by atoms with E-state index in [0.717, 1.165) is 38.4 Å². The molecule has 8 heteroatoms. The van der Waals surface area contributed by atoms with Crippen LogP contribution < -0.4 is 5.32 Å². The van der Waals surface area contributed by atoms with Gasteiger partial charge in [0.2, 0.25) is 5.89 Å². The van der Waals surface area contributed by atoms with Crippen LogP contribution in [0, 0.1) is 20.8 Å². The van der Waals surface area contributed by atoms with Gasteiger partial charge >= 0.3 is 0 Å². The van der Waals surface area contributed by atoms with Crippen molar-refractivity contribution < 1.29 is 9.26 Å². The van der Waals surface area contributed by atoms with Crippen molar-refractivity contribution in [2.75, 3.05) is 33.3 Å². The third-order valence-corrected chi connectivity index (χ3v) is 4.77. The van der Waals surface area contributed by atoms with Crippen LogP contribution in [0.15, 0.2) is 27.7 Å². The molecule has 1 aliphatic rings. The molecule has 28 heavy (non-hydrogen) atoms. The molecule has 2 aromatic rings. The highest BCUT2D eigenvalue weighted by atomic mass is 127. The van der Waals surface area contributed by atoms with E-state index in [1.807, 2.05) is 14.0 Å². The number of aliphatic imine (C=N–C) groups is 1. The standard InChI is InChI=1S/C20H29N5O2.HI/c1-14-7-8-17(15(2)12-14)18-13-25(10-11-26-18)20(21-4)22-9-5-6-19-23-16(3)24-27-19;/h7-8,12,18H,5-6,9-11,13H2,1-4H3,(H,21,22);1H. The summed E-state index contributed by atoms with van der Waals surface area (Å²) in [5.41, 5.74) is 3.81. The molecule has 0 saturated carbocycles. The molecule has 1 aromatic heterocycles. The van der Waals surface area contributed by atoms with Gasteiger partial charge in [0.15, 0.2) is 11.8 Å². The number of hydrogen-bond acceptors (Lipinski definition) is 5. The van der Waals surface area contributed by atoms with E-state index in [-0.39, 0.29) is 30.1 Å². The molecular weight excluding hydrogens is 469 g/mol. The van der Waals surface area contributed by atoms with Crippen molar-refractivity contribution in [1.29, 1.82) is 0 Å². The average molecular weight is 499 g/mol. The van der Waals surface area contributed by atoms with Crippen molar-refractivity contribution in [3.05, 3.63) is 46.6 Å². The minimum absolute atomic E-state index is 0. The maximum absolute atomic E-state index is 6.04. The van der Waals surface area contributed by atoms with Crippen LogP contribution in [-0.4, -0.2) is 54.3 Å². The van der Waals surface area contributed by atoms with Gasteiger partial charge in [-0.25, -0.2) is 0 Å². The molecule has 1 aromatic carbocycles. The fourth-order valence-corrected chi connectivity index (χ4v) is 3.43. The summed E-state index contributed by atoms with van der Waals surface area (Å²) in [6.45, 7) is 9.23. The Morgan fingerprint density at radius 2 is 2.14 bits per heavy atom. The summed E-state index contributed by atoms with van der Waals surface area (Å²) < 4.78 is 11.2. The fourth-order valence-electron chi connectivity index (χ4n) is 3.43. The lowest BCUT2D eigenvalue weighted by molar-refractivity contribution is -0.00831. The minimum atomic E-state index is 0. The van der Waals surface area contributed by atoms with Gasteiger partial charge in [-0.2, -0.15) is 4.98 Å². The van der Waals surface area contributed by atoms with Crippen LogP contribution in [0.25, 0.3) is 0 Å². The van der Waals surface area contributed by atoms with E-state index in [4.69, 9.17) is 9.26 Å². The lowest BCUT2D eigenvalue weighted by Gasteiger charge is -2.35. The molecule has 0 aliphatic carbocycles. The third-order valence-electron chi connectivity index (χ3n) is 4.77. The summed E-state index contributed by atoms with van der Waals surface area (Å²) in [6.07, 6.45) is 1.74. The summed E-state index contributed by atoms with van der Waals surface area (Å²) in [7, 11) is 1.82. The predicted molar refractivity (Wildman–Crippen MR) is 120 cm³/mol. The molecule has 0 radical (unpaired) electrons. The van der Waals surface area contributed by atoms with Gasteiger partial charge < -0.3 is 19.5 Å². The molecular formula is C20H30IN5O2. The lowest BCUT2D eigenvalue weighted by atomic mass is 10.00. The number of ether oxygens (including phenoxy) is 1. The van der Waals surface area contributed by atoms with Gasteiger partial charge in [0.25, 0.3) is 0 Å². The molecule has 1 unspecified atom stereocenters. The minimum Gasteiger partial charge on any atom is -0.370 e. The van der Waals surface area contributed by atoms with Crippen LogP contribution in [0.1, 0.15) is 40.9 Å². The number of morpholine rings is 1. The largest absolute Gasteiger partial charge is 0.370 e. The second-order valence-electron chi connectivity index (χ2n) is 6.98. The Kier molecular flexibility index (Phi) is 8.68. The molecule has 1 aliphatic heterocycles. The number of aryl methyl sites for hydroxylation is 4. The van der Waals surface area contributed by atoms with Crippen molar-refractivity contribution in [3.8, 4) is 0 Å². The lowest BCUT2D eigenvalue weighted by Crippen LogP contribution is -2.48. The number of hydrogen-bond donors (Lipinski definition) is 1. The molecule has 0 spiro atoms. The molecule has 154 valence electrons. The van der Waals surface area contributed by atoms with Crippen molar-refractivity contribution in [3.63, 3.8) is 0 Å². The zero-order valence-corrected chi connectivity index (χ0v) is 19.4. The van der Waals surface area contributed by atoms with Gasteiger partial charge in [-0.05, 0) is 38.3 Å². The van der Waals surface area contributed by atoms with E-state index in [1.165, 1.54) is 16.7 Å². The number of nitrogens with zero attached hydrogens (tertiary/aromatic N) is 4. The Hall–Kier alpha value is -1.68. The monoisotopic (exact) mass is 499 g/mol. The Bertz CT molecular complexity index is 793. The maximum atomic E-state index is 6.04. The van der Waals surface area contributed by atoms with Crippen LogP contribution in [-0.2, 0) is 11.2 Å². The predicted octanol–water partition coefficient (Wildman–Crippen LogP) is 3.19. The molecule has 3 rings (SSSR count). The number of nitrogens with one attached hydrogen (secondary N) is 1. The number of benzene rings is 1. The summed E-state index contributed by atoms with van der Waals surface area (Å²) in [5.74, 6) is 2.28. The van der Waals surface area contributed by atoms with Crippen LogP contribution in [0.5, 0.6) is 0 Å². The SMILES string of the molecule is CN=C(NCCCc1nc(C)no1)N1CCOC(c2ccc(C)cc2C)C1.I. The number of guanidine groups is 1. The quantitative estimate of drug-likeness (QED) is 0.295. The van der Waals surface area contributed by atoms with Crippen molar-refractivity contribution >= 4 is 29.9 Å². The van der Waals surface area contributed by atoms with Crippen LogP contribution >= 0.6 is 24.0 Å². The number of halogens is 1. The molecule has 1 N–H and O–H groups in total. The molecule has 1 atom stereocenters. The molecule has 2 heterocycles. The summed E-state index contributed by atoms with van der Waals surface area (Å²) in [4.78, 5) is 11.0. The highest BCUT2D eigenvalue weighted by Crippen LogP contribution is 2.25. The smallest absolute Gasteiger partial charge is 0.226 e. The highest BCUT2D eigenvalue weighted by molar-refractivity contribution is 14.0. The van der Waals surface area contributed by atoms with Gasteiger partial charge in [0.05, 0.1) is 13.2 Å². The van der Waals surface area contributed by atoms with Crippen LogP contribution in [0.4, 0.5) is 0 Å². The molecule has 7 nitrogen and oxygen atoms in total. The number of rotatable bonds is 5. The van der Waals surface area contributed by atoms with Gasteiger partial charge in [-0.3, -0.25) is 4.99 Å².